The average molecular weight is 383 g/mol. The minimum Gasteiger partial charge on any atom is -0.465 e. The van der Waals surface area contributed by atoms with Gasteiger partial charge in [-0.25, -0.2) is 9.78 Å². The normalized spacial score (nSPS) is 16.6. The lowest BCUT2D eigenvalue weighted by atomic mass is 10.1. The number of fused-ring (bicyclic) bond motifs is 1. The zero-order valence-corrected chi connectivity index (χ0v) is 15.4. The van der Waals surface area contributed by atoms with E-state index in [-0.39, 0.29) is 17.3 Å². The third kappa shape index (κ3) is 3.12. The van der Waals surface area contributed by atoms with Crippen molar-refractivity contribution in [1.29, 1.82) is 0 Å². The molecule has 0 amide bonds. The summed E-state index contributed by atoms with van der Waals surface area (Å²) in [5, 5.41) is 12.3. The number of nitro benzene ring substituents is 1. The van der Waals surface area contributed by atoms with Crippen LogP contribution in [0, 0.1) is 10.1 Å². The van der Waals surface area contributed by atoms with Gasteiger partial charge in [-0.1, -0.05) is 12.1 Å². The first kappa shape index (κ1) is 17.4. The number of carbonyl (C=O) groups excluding carboxylic acids is 1. The average Bonchev–Trinajstić information content (AvgIpc) is 3.33. The molecule has 0 radical (unpaired) electrons. The van der Waals surface area contributed by atoms with Crippen molar-refractivity contribution in [3.63, 3.8) is 0 Å². The van der Waals surface area contributed by atoms with E-state index in [1.807, 2.05) is 18.2 Å². The summed E-state index contributed by atoms with van der Waals surface area (Å²) < 4.78 is 5.86. The number of nitrogens with zero attached hydrogens (tertiary/aromatic N) is 3. The van der Waals surface area contributed by atoms with Crippen LogP contribution in [0.2, 0.25) is 0 Å². The van der Waals surface area contributed by atoms with Crippen molar-refractivity contribution >= 4 is 38.9 Å². The van der Waals surface area contributed by atoms with Crippen LogP contribution in [0.3, 0.4) is 0 Å². The highest BCUT2D eigenvalue weighted by Crippen LogP contribution is 2.40. The van der Waals surface area contributed by atoms with Gasteiger partial charge in [0.05, 0.1) is 28.3 Å². The predicted molar refractivity (Wildman–Crippen MR) is 103 cm³/mol. The number of aromatic nitrogens is 1. The molecule has 1 aliphatic heterocycles. The highest BCUT2D eigenvalue weighted by molar-refractivity contribution is 7.18. The van der Waals surface area contributed by atoms with Gasteiger partial charge in [0.25, 0.3) is 5.69 Å². The van der Waals surface area contributed by atoms with Crippen molar-refractivity contribution < 1.29 is 14.5 Å². The molecule has 0 bridgehead atoms. The number of hydrogen-bond acceptors (Lipinski definition) is 7. The van der Waals surface area contributed by atoms with Gasteiger partial charge < -0.3 is 9.64 Å². The van der Waals surface area contributed by atoms with E-state index < -0.39 is 10.9 Å². The molecular formula is C19H17N3O4S. The van der Waals surface area contributed by atoms with Crippen molar-refractivity contribution in [2.45, 2.75) is 18.9 Å². The Morgan fingerprint density at radius 1 is 1.33 bits per heavy atom. The fraction of sp³-hybridized carbons (Fsp3) is 0.263. The van der Waals surface area contributed by atoms with Crippen LogP contribution in [0.4, 0.5) is 11.4 Å². The van der Waals surface area contributed by atoms with E-state index in [0.29, 0.717) is 0 Å². The van der Waals surface area contributed by atoms with Crippen LogP contribution in [0.15, 0.2) is 42.5 Å². The van der Waals surface area contributed by atoms with E-state index in [0.717, 1.165) is 40.3 Å². The smallest absolute Gasteiger partial charge is 0.344 e. The Labute approximate surface area is 159 Å². The van der Waals surface area contributed by atoms with Gasteiger partial charge in [-0.3, -0.25) is 10.1 Å². The number of carbonyl (C=O) groups is 1. The summed E-state index contributed by atoms with van der Waals surface area (Å²) in [6.07, 6.45) is 1.94. The molecule has 1 atom stereocenters. The molecule has 1 unspecified atom stereocenters. The number of para-hydroxylation sites is 1. The maximum atomic E-state index is 12.0. The first-order chi connectivity index (χ1) is 13.1. The van der Waals surface area contributed by atoms with Crippen LogP contribution in [-0.4, -0.2) is 29.5 Å². The number of methoxy groups -OCH3 is 1. The van der Waals surface area contributed by atoms with Crippen LogP contribution >= 0.6 is 11.3 Å². The van der Waals surface area contributed by atoms with Crippen LogP contribution < -0.4 is 4.90 Å². The SMILES string of the molecule is COC(=O)c1cc(N2CCCC2c2nc3ccccc3s2)ccc1[N+](=O)[O-]. The fourth-order valence-corrected chi connectivity index (χ4v) is 4.62. The van der Waals surface area contributed by atoms with Gasteiger partial charge in [0.15, 0.2) is 0 Å². The Balaban J connectivity index is 1.73. The van der Waals surface area contributed by atoms with Gasteiger partial charge in [-0.2, -0.15) is 0 Å². The number of thiazole rings is 1. The summed E-state index contributed by atoms with van der Waals surface area (Å²) in [5.74, 6) is -0.709. The predicted octanol–water partition coefficient (Wildman–Crippen LogP) is 4.33. The van der Waals surface area contributed by atoms with E-state index in [2.05, 4.69) is 11.0 Å². The second-order valence-corrected chi connectivity index (χ2v) is 7.38. The summed E-state index contributed by atoms with van der Waals surface area (Å²) in [4.78, 5) is 29.6. The lowest BCUT2D eigenvalue weighted by Crippen LogP contribution is -2.23. The van der Waals surface area contributed by atoms with Gasteiger partial charge in [-0.05, 0) is 37.1 Å². The molecule has 4 rings (SSSR count). The maximum Gasteiger partial charge on any atom is 0.344 e. The van der Waals surface area contributed by atoms with Crippen molar-refractivity contribution in [2.75, 3.05) is 18.6 Å². The quantitative estimate of drug-likeness (QED) is 0.379. The summed E-state index contributed by atoms with van der Waals surface area (Å²) in [5.41, 5.74) is 1.46. The second kappa shape index (κ2) is 6.96. The molecule has 0 aliphatic carbocycles. The Bertz CT molecular complexity index is 1000. The molecule has 138 valence electrons. The van der Waals surface area contributed by atoms with Crippen LogP contribution in [-0.2, 0) is 4.74 Å². The van der Waals surface area contributed by atoms with Gasteiger partial charge in [0.2, 0.25) is 0 Å². The number of nitro groups is 1. The highest BCUT2D eigenvalue weighted by atomic mass is 32.1. The minimum atomic E-state index is -0.709. The Morgan fingerprint density at radius 3 is 2.89 bits per heavy atom. The zero-order valence-electron chi connectivity index (χ0n) is 14.6. The number of benzene rings is 2. The van der Waals surface area contributed by atoms with Gasteiger partial charge in [0, 0.05) is 18.3 Å². The summed E-state index contributed by atoms with van der Waals surface area (Å²) in [6.45, 7) is 0.805. The van der Waals surface area contributed by atoms with E-state index in [9.17, 15) is 14.9 Å². The molecule has 1 aliphatic rings. The molecule has 0 spiro atoms. The van der Waals surface area contributed by atoms with Crippen LogP contribution in [0.5, 0.6) is 0 Å². The topological polar surface area (TPSA) is 85.6 Å². The maximum absolute atomic E-state index is 12.0. The Morgan fingerprint density at radius 2 is 2.15 bits per heavy atom. The summed E-state index contributed by atoms with van der Waals surface area (Å²) in [7, 11) is 1.22. The first-order valence-corrected chi connectivity index (χ1v) is 9.39. The molecule has 8 heteroatoms. The van der Waals surface area contributed by atoms with Gasteiger partial charge >= 0.3 is 5.97 Å². The van der Waals surface area contributed by atoms with E-state index in [1.165, 1.54) is 13.2 Å². The van der Waals surface area contributed by atoms with E-state index in [1.54, 1.807) is 23.5 Å². The molecule has 7 nitrogen and oxygen atoms in total. The van der Waals surface area contributed by atoms with Gasteiger partial charge in [-0.15, -0.1) is 11.3 Å². The molecule has 2 aromatic carbocycles. The van der Waals surface area contributed by atoms with Crippen molar-refractivity contribution in [1.82, 2.24) is 4.98 Å². The lowest BCUT2D eigenvalue weighted by molar-refractivity contribution is -0.385. The molecule has 0 N–H and O–H groups in total. The standard InChI is InChI=1S/C19H17N3O4S/c1-26-19(23)13-11-12(8-9-15(13)22(24)25)21-10-4-6-16(21)18-20-14-5-2-3-7-17(14)27-18/h2-3,5,7-9,11,16H,4,6,10H2,1H3. The van der Waals surface area contributed by atoms with Gasteiger partial charge in [0.1, 0.15) is 10.6 Å². The third-order valence-corrected chi connectivity index (χ3v) is 5.90. The largest absolute Gasteiger partial charge is 0.465 e. The number of rotatable bonds is 4. The summed E-state index contributed by atoms with van der Waals surface area (Å²) >= 11 is 1.66. The molecule has 2 heterocycles. The van der Waals surface area contributed by atoms with E-state index >= 15 is 0 Å². The lowest BCUT2D eigenvalue weighted by Gasteiger charge is -2.25. The molecule has 1 saturated heterocycles. The zero-order chi connectivity index (χ0) is 19.0. The Kier molecular flexibility index (Phi) is 4.49. The summed E-state index contributed by atoms with van der Waals surface area (Å²) in [6, 6.07) is 12.7. The van der Waals surface area contributed by atoms with Crippen molar-refractivity contribution in [3.8, 4) is 0 Å². The van der Waals surface area contributed by atoms with E-state index in [4.69, 9.17) is 9.72 Å². The number of anilines is 1. The second-order valence-electron chi connectivity index (χ2n) is 6.32. The first-order valence-electron chi connectivity index (χ1n) is 8.57. The molecule has 1 fully saturated rings. The van der Waals surface area contributed by atoms with Crippen LogP contribution in [0.25, 0.3) is 10.2 Å². The van der Waals surface area contributed by atoms with Crippen molar-refractivity contribution in [3.05, 3.63) is 63.1 Å². The number of hydrogen-bond donors (Lipinski definition) is 0. The van der Waals surface area contributed by atoms with Crippen molar-refractivity contribution in [2.24, 2.45) is 0 Å². The number of ether oxygens (including phenoxy) is 1. The minimum absolute atomic E-state index is 0.0325. The monoisotopic (exact) mass is 383 g/mol. The van der Waals surface area contributed by atoms with Crippen LogP contribution in [0.1, 0.15) is 34.2 Å². The molecular weight excluding hydrogens is 366 g/mol. The third-order valence-electron chi connectivity index (χ3n) is 4.76. The molecule has 1 aromatic heterocycles. The fourth-order valence-electron chi connectivity index (χ4n) is 3.50. The highest BCUT2D eigenvalue weighted by Gasteiger charge is 2.31. The molecule has 0 saturated carbocycles. The molecule has 27 heavy (non-hydrogen) atoms. The number of esters is 1. The molecule has 3 aromatic rings. The Hall–Kier alpha value is -3.00.